The standard InChI is InChI=1S/C7H9N3O4S2/c8-16(13,14)5-4-15-7-6(10(11)12)2-1-3-9-7/h1-3H,4-5H2,(H2,8,13,14). The molecule has 0 fully saturated rings. The number of thioether (sulfide) groups is 1. The van der Waals surface area contributed by atoms with Crippen LogP contribution in [-0.4, -0.2) is 29.8 Å². The molecule has 0 saturated carbocycles. The molecule has 0 amide bonds. The highest BCUT2D eigenvalue weighted by molar-refractivity contribution is 8.00. The number of sulfonamides is 1. The van der Waals surface area contributed by atoms with Crippen LogP contribution in [0, 0.1) is 10.1 Å². The molecule has 1 aromatic rings. The lowest BCUT2D eigenvalue weighted by Gasteiger charge is -2.00. The second-order valence-corrected chi connectivity index (χ2v) is 5.62. The van der Waals surface area contributed by atoms with Gasteiger partial charge in [-0.25, -0.2) is 18.5 Å². The summed E-state index contributed by atoms with van der Waals surface area (Å²) in [4.78, 5) is 13.8. The molecule has 0 aromatic carbocycles. The minimum Gasteiger partial charge on any atom is -0.258 e. The van der Waals surface area contributed by atoms with Gasteiger partial charge in [0.15, 0.2) is 5.03 Å². The van der Waals surface area contributed by atoms with Crippen LogP contribution in [0.25, 0.3) is 0 Å². The van der Waals surface area contributed by atoms with Gasteiger partial charge in [-0.2, -0.15) is 0 Å². The molecule has 2 N–H and O–H groups in total. The number of aromatic nitrogens is 1. The summed E-state index contributed by atoms with van der Waals surface area (Å²) in [5.74, 6) is -0.109. The monoisotopic (exact) mass is 263 g/mol. The van der Waals surface area contributed by atoms with E-state index in [9.17, 15) is 18.5 Å². The van der Waals surface area contributed by atoms with Gasteiger partial charge >= 0.3 is 5.69 Å². The fraction of sp³-hybridized carbons (Fsp3) is 0.286. The summed E-state index contributed by atoms with van der Waals surface area (Å²) in [5.41, 5.74) is -0.137. The molecule has 88 valence electrons. The van der Waals surface area contributed by atoms with E-state index < -0.39 is 14.9 Å². The summed E-state index contributed by atoms with van der Waals surface area (Å²) in [6.07, 6.45) is 1.41. The number of nitrogens with zero attached hydrogens (tertiary/aromatic N) is 2. The lowest BCUT2D eigenvalue weighted by Crippen LogP contribution is -2.17. The number of pyridine rings is 1. The molecule has 0 saturated heterocycles. The third kappa shape index (κ3) is 4.13. The summed E-state index contributed by atoms with van der Waals surface area (Å²) < 4.78 is 21.3. The Morgan fingerprint density at radius 1 is 1.56 bits per heavy atom. The van der Waals surface area contributed by atoms with Crippen molar-refractivity contribution in [2.45, 2.75) is 5.03 Å². The van der Waals surface area contributed by atoms with Gasteiger partial charge in [-0.3, -0.25) is 10.1 Å². The summed E-state index contributed by atoms with van der Waals surface area (Å²) in [5, 5.41) is 15.6. The highest BCUT2D eigenvalue weighted by Gasteiger charge is 2.15. The van der Waals surface area contributed by atoms with Gasteiger partial charge in [0.1, 0.15) is 0 Å². The number of nitro groups is 1. The maximum Gasteiger partial charge on any atom is 0.301 e. The van der Waals surface area contributed by atoms with Gasteiger partial charge in [-0.15, -0.1) is 0 Å². The van der Waals surface area contributed by atoms with Crippen LogP contribution in [0.4, 0.5) is 5.69 Å². The van der Waals surface area contributed by atoms with Crippen LogP contribution in [0.5, 0.6) is 0 Å². The van der Waals surface area contributed by atoms with Crippen molar-refractivity contribution in [2.24, 2.45) is 5.14 Å². The Hall–Kier alpha value is -1.19. The number of primary sulfonamides is 1. The van der Waals surface area contributed by atoms with Gasteiger partial charge < -0.3 is 0 Å². The van der Waals surface area contributed by atoms with E-state index in [4.69, 9.17) is 5.14 Å². The molecule has 0 aliphatic heterocycles. The minimum atomic E-state index is -3.55. The van der Waals surface area contributed by atoms with Crippen molar-refractivity contribution in [1.82, 2.24) is 4.98 Å². The van der Waals surface area contributed by atoms with Crippen molar-refractivity contribution in [1.29, 1.82) is 0 Å². The van der Waals surface area contributed by atoms with E-state index >= 15 is 0 Å². The first kappa shape index (κ1) is 12.9. The zero-order valence-electron chi connectivity index (χ0n) is 8.07. The molecule has 0 unspecified atom stereocenters. The van der Waals surface area contributed by atoms with Crippen LogP contribution in [-0.2, 0) is 10.0 Å². The molecule has 1 aromatic heterocycles. The highest BCUT2D eigenvalue weighted by Crippen LogP contribution is 2.25. The number of rotatable bonds is 5. The van der Waals surface area contributed by atoms with Crippen LogP contribution in [0.15, 0.2) is 23.4 Å². The zero-order valence-corrected chi connectivity index (χ0v) is 9.70. The van der Waals surface area contributed by atoms with Crippen molar-refractivity contribution in [3.05, 3.63) is 28.4 Å². The lowest BCUT2D eigenvalue weighted by atomic mass is 10.4. The van der Waals surface area contributed by atoms with Crippen molar-refractivity contribution >= 4 is 27.5 Å². The van der Waals surface area contributed by atoms with Crippen LogP contribution in [0.2, 0.25) is 0 Å². The normalized spacial score (nSPS) is 11.3. The molecule has 1 heterocycles. The Morgan fingerprint density at radius 3 is 2.81 bits per heavy atom. The van der Waals surface area contributed by atoms with Gasteiger partial charge in [-0.1, -0.05) is 11.8 Å². The Morgan fingerprint density at radius 2 is 2.25 bits per heavy atom. The van der Waals surface area contributed by atoms with Crippen LogP contribution in [0.1, 0.15) is 0 Å². The first-order valence-corrected chi connectivity index (χ1v) is 6.83. The number of hydrogen-bond acceptors (Lipinski definition) is 6. The zero-order chi connectivity index (χ0) is 12.2. The predicted octanol–water partition coefficient (Wildman–Crippen LogP) is 0.370. The topological polar surface area (TPSA) is 116 Å². The van der Waals surface area contributed by atoms with Crippen LogP contribution < -0.4 is 5.14 Å². The van der Waals surface area contributed by atoms with E-state index in [1.165, 1.54) is 18.3 Å². The molecule has 0 spiro atoms. The lowest BCUT2D eigenvalue weighted by molar-refractivity contribution is -0.388. The predicted molar refractivity (Wildman–Crippen MR) is 59.6 cm³/mol. The molecular weight excluding hydrogens is 254 g/mol. The van der Waals surface area contributed by atoms with E-state index in [2.05, 4.69) is 4.98 Å². The molecule has 0 atom stereocenters. The average molecular weight is 263 g/mol. The van der Waals surface area contributed by atoms with Crippen LogP contribution >= 0.6 is 11.8 Å². The van der Waals surface area contributed by atoms with Gasteiger partial charge in [0, 0.05) is 18.0 Å². The first-order chi connectivity index (χ1) is 7.40. The Labute approximate surface area is 96.3 Å². The fourth-order valence-corrected chi connectivity index (χ4v) is 2.77. The van der Waals surface area contributed by atoms with Crippen molar-refractivity contribution < 1.29 is 13.3 Å². The number of hydrogen-bond donors (Lipinski definition) is 1. The molecule has 0 aliphatic carbocycles. The third-order valence-electron chi connectivity index (χ3n) is 1.55. The Kier molecular flexibility index (Phi) is 4.21. The molecule has 16 heavy (non-hydrogen) atoms. The molecular formula is C7H9N3O4S2. The molecule has 0 bridgehead atoms. The highest BCUT2D eigenvalue weighted by atomic mass is 32.2. The summed E-state index contributed by atoms with van der Waals surface area (Å²) >= 11 is 0.990. The maximum atomic E-state index is 10.7. The second-order valence-electron chi connectivity index (χ2n) is 2.80. The molecule has 1 rings (SSSR count). The van der Waals surface area contributed by atoms with E-state index in [0.717, 1.165) is 11.8 Å². The number of nitrogens with two attached hydrogens (primary N) is 1. The van der Waals surface area contributed by atoms with Crippen LogP contribution in [0.3, 0.4) is 0 Å². The van der Waals surface area contributed by atoms with Gasteiger partial charge in [0.2, 0.25) is 10.0 Å². The molecule has 7 nitrogen and oxygen atoms in total. The first-order valence-electron chi connectivity index (χ1n) is 4.13. The van der Waals surface area contributed by atoms with E-state index in [0.29, 0.717) is 0 Å². The van der Waals surface area contributed by atoms with Crippen molar-refractivity contribution in [3.63, 3.8) is 0 Å². The summed E-state index contributed by atoms with van der Waals surface area (Å²) in [6.45, 7) is 0. The largest absolute Gasteiger partial charge is 0.301 e. The minimum absolute atomic E-state index is 0.136. The van der Waals surface area contributed by atoms with Crippen molar-refractivity contribution in [2.75, 3.05) is 11.5 Å². The maximum absolute atomic E-state index is 10.7. The molecule has 9 heteroatoms. The molecule has 0 radical (unpaired) electrons. The Balaban J connectivity index is 2.71. The van der Waals surface area contributed by atoms with E-state index in [1.54, 1.807) is 0 Å². The van der Waals surface area contributed by atoms with E-state index in [1.807, 2.05) is 0 Å². The summed E-state index contributed by atoms with van der Waals surface area (Å²) in [7, 11) is -3.55. The Bertz CT molecular complexity index is 488. The molecule has 0 aliphatic rings. The van der Waals surface area contributed by atoms with Gasteiger partial charge in [0.25, 0.3) is 0 Å². The van der Waals surface area contributed by atoms with E-state index in [-0.39, 0.29) is 22.2 Å². The second kappa shape index (κ2) is 5.23. The van der Waals surface area contributed by atoms with Gasteiger partial charge in [0.05, 0.1) is 10.7 Å². The third-order valence-corrected chi connectivity index (χ3v) is 3.58. The van der Waals surface area contributed by atoms with Crippen molar-refractivity contribution in [3.8, 4) is 0 Å². The average Bonchev–Trinajstić information content (AvgIpc) is 2.16. The fourth-order valence-electron chi connectivity index (χ4n) is 0.887. The summed E-state index contributed by atoms with van der Waals surface area (Å²) in [6, 6.07) is 2.76. The van der Waals surface area contributed by atoms with Gasteiger partial charge in [-0.05, 0) is 6.07 Å². The SMILES string of the molecule is NS(=O)(=O)CCSc1ncccc1[N+](=O)[O-]. The smallest absolute Gasteiger partial charge is 0.258 e. The quantitative estimate of drug-likeness (QED) is 0.466.